The van der Waals surface area contributed by atoms with Crippen molar-refractivity contribution in [3.63, 3.8) is 0 Å². The van der Waals surface area contributed by atoms with Gasteiger partial charge in [0.05, 0.1) is 0 Å². The van der Waals surface area contributed by atoms with Gasteiger partial charge >= 0.3 is 84.6 Å². The zero-order valence-electron chi connectivity index (χ0n) is 18.9. The minimum absolute atomic E-state index is 0.979. The first kappa shape index (κ1) is 42.3. The van der Waals surface area contributed by atoms with Crippen LogP contribution in [0.5, 0.6) is 0 Å². The highest BCUT2D eigenvalue weighted by Crippen LogP contribution is 2.59. The maximum atomic E-state index is 14.2. The van der Waals surface area contributed by atoms with Gasteiger partial charge in [-0.1, -0.05) is 0 Å². The fraction of sp³-hybridized carbons (Fsp3) is 0.786. The highest BCUT2D eigenvalue weighted by atomic mass is 19.4. The van der Waals surface area contributed by atoms with Crippen molar-refractivity contribution < 1.29 is 138 Å². The summed E-state index contributed by atoms with van der Waals surface area (Å²) in [6.07, 6.45) is -70.4. The van der Waals surface area contributed by atoms with Gasteiger partial charge in [0.15, 0.2) is 0 Å². The van der Waals surface area contributed by atoms with E-state index in [2.05, 4.69) is 0 Å². The normalized spacial score (nSPS) is 18.9. The molecule has 0 saturated heterocycles. The van der Waals surface area contributed by atoms with Crippen LogP contribution in [0.25, 0.3) is 0 Å². The number of ketones is 1. The van der Waals surface area contributed by atoms with Crippen molar-refractivity contribution in [1.29, 1.82) is 0 Å². The Labute approximate surface area is 224 Å². The van der Waals surface area contributed by atoms with Crippen molar-refractivity contribution in [1.82, 2.24) is 0 Å². The van der Waals surface area contributed by atoms with Crippen LogP contribution in [0.3, 0.4) is 0 Å². The fourth-order valence-electron chi connectivity index (χ4n) is 1.94. The van der Waals surface area contributed by atoms with Gasteiger partial charge in [-0.05, 0) is 0 Å². The zero-order valence-corrected chi connectivity index (χ0v) is 18.9. The van der Waals surface area contributed by atoms with E-state index in [0.717, 1.165) is 9.47 Å². The Bertz CT molecular complexity index is 1110. The molecule has 45 heavy (non-hydrogen) atoms. The third-order valence-corrected chi connectivity index (χ3v) is 3.91. The van der Waals surface area contributed by atoms with Gasteiger partial charge < -0.3 is 4.74 Å². The van der Waals surface area contributed by atoms with Crippen LogP contribution in [0.4, 0.5) is 114 Å². The van der Waals surface area contributed by atoms with Gasteiger partial charge in [0.2, 0.25) is 0 Å². The molecule has 0 radical (unpaired) electrons. The van der Waals surface area contributed by atoms with Crippen LogP contribution < -0.4 is 0 Å². The lowest BCUT2D eigenvalue weighted by molar-refractivity contribution is -0.581. The highest BCUT2D eigenvalue weighted by molar-refractivity contribution is 5.89. The Kier molecular flexibility index (Phi) is 10.8. The predicted molar refractivity (Wildman–Crippen MR) is 75.2 cm³/mol. The van der Waals surface area contributed by atoms with Crippen molar-refractivity contribution in [3.8, 4) is 0 Å². The minimum Gasteiger partial charge on any atom is -0.398 e. The Morgan fingerprint density at radius 1 is 0.400 bits per heavy atom. The molecular weight excluding hydrogens is 742 g/mol. The molecule has 0 aliphatic heterocycles. The largest absolute Gasteiger partial charge is 0.471 e. The van der Waals surface area contributed by atoms with Crippen LogP contribution in [0, 0.1) is 0 Å². The molecule has 0 aliphatic rings. The molecular formula is C14F26O5. The van der Waals surface area contributed by atoms with Crippen LogP contribution >= 0.6 is 0 Å². The van der Waals surface area contributed by atoms with Crippen LogP contribution in [0.2, 0.25) is 0 Å². The Hall–Kier alpha value is -2.73. The number of rotatable bonds is 12. The van der Waals surface area contributed by atoms with Crippen LogP contribution in [0.1, 0.15) is 0 Å². The second kappa shape index (κ2) is 11.5. The quantitative estimate of drug-likeness (QED) is 0.149. The van der Waals surface area contributed by atoms with Crippen molar-refractivity contribution in [3.05, 3.63) is 12.1 Å². The summed E-state index contributed by atoms with van der Waals surface area (Å²) < 4.78 is 343. The molecule has 0 heterocycles. The molecule has 0 amide bonds. The maximum Gasteiger partial charge on any atom is 0.471 e. The van der Waals surface area contributed by atoms with Crippen molar-refractivity contribution >= 4 is 5.78 Å². The number of Topliss-reactive ketones (excluding diaryl/α,β-unsaturated/α-hetero) is 1. The lowest BCUT2D eigenvalue weighted by Gasteiger charge is -2.42. The van der Waals surface area contributed by atoms with E-state index in [1.807, 2.05) is 0 Å². The van der Waals surface area contributed by atoms with Gasteiger partial charge in [-0.25, -0.2) is 0 Å². The molecule has 3 unspecified atom stereocenters. The summed E-state index contributed by atoms with van der Waals surface area (Å²) >= 11 is 0. The van der Waals surface area contributed by atoms with Crippen molar-refractivity contribution in [2.45, 2.75) is 66.7 Å². The van der Waals surface area contributed by atoms with Gasteiger partial charge in [0.25, 0.3) is 0 Å². The average molecular weight is 742 g/mol. The third-order valence-electron chi connectivity index (χ3n) is 3.91. The molecule has 0 saturated carbocycles. The van der Waals surface area contributed by atoms with Gasteiger partial charge in [-0.3, -0.25) is 19.0 Å². The second-order valence-electron chi connectivity index (χ2n) is 7.12. The molecule has 0 aromatic carbocycles. The Balaban J connectivity index is 7.43. The summed E-state index contributed by atoms with van der Waals surface area (Å²) in [5, 5.41) is 0. The zero-order chi connectivity index (χ0) is 37.1. The molecule has 5 nitrogen and oxygen atoms in total. The number of ether oxygens (including phenoxy) is 4. The molecule has 268 valence electrons. The third kappa shape index (κ3) is 7.81. The number of alkyl halides is 23. The monoisotopic (exact) mass is 742 g/mol. The van der Waals surface area contributed by atoms with Gasteiger partial charge in [0, 0.05) is 0 Å². The number of halogens is 26. The van der Waals surface area contributed by atoms with Gasteiger partial charge in [0.1, 0.15) is 0 Å². The van der Waals surface area contributed by atoms with E-state index in [4.69, 9.17) is 0 Å². The van der Waals surface area contributed by atoms with Gasteiger partial charge in [-0.15, -0.1) is 0 Å². The highest BCUT2D eigenvalue weighted by Gasteiger charge is 2.88. The second-order valence-corrected chi connectivity index (χ2v) is 7.12. The summed E-state index contributed by atoms with van der Waals surface area (Å²) in [5.41, 5.74) is 0. The number of hydrogen-bond acceptors (Lipinski definition) is 5. The molecule has 0 N–H and O–H groups in total. The van der Waals surface area contributed by atoms with Crippen LogP contribution in [-0.4, -0.2) is 72.5 Å². The number of carbonyl (C=O) groups excluding carboxylic acids is 1. The van der Waals surface area contributed by atoms with E-state index < -0.39 is 84.6 Å². The van der Waals surface area contributed by atoms with E-state index >= 15 is 0 Å². The van der Waals surface area contributed by atoms with E-state index in [9.17, 15) is 119 Å². The molecule has 0 bridgehead atoms. The molecule has 0 rings (SSSR count). The fourth-order valence-corrected chi connectivity index (χ4v) is 1.94. The molecule has 0 aromatic rings. The summed E-state index contributed by atoms with van der Waals surface area (Å²) in [5.74, 6) is -31.2. The topological polar surface area (TPSA) is 54.0 Å². The molecule has 0 fully saturated rings. The lowest BCUT2D eigenvalue weighted by atomic mass is 10.2. The van der Waals surface area contributed by atoms with Crippen LogP contribution in [-0.2, 0) is 23.7 Å². The van der Waals surface area contributed by atoms with E-state index in [1.165, 1.54) is 4.74 Å². The summed E-state index contributed by atoms with van der Waals surface area (Å²) in [6.45, 7) is 0. The first-order chi connectivity index (χ1) is 19.1. The standard InChI is InChI=1S/C14F26O5/c15-1(16)2(17)42-12(35,36)6(23,9(26,27)28)44-14(39,40)8(25,11(32,33)34)45-13(37,38)7(24,10(29,30)31)43-5(21,22)3(41)4(18,19)20. The summed E-state index contributed by atoms with van der Waals surface area (Å²) in [6, 6.07) is -4.43. The average Bonchev–Trinajstić information content (AvgIpc) is 2.73. The molecule has 0 aliphatic carbocycles. The number of carbonyl (C=O) groups is 1. The van der Waals surface area contributed by atoms with Crippen molar-refractivity contribution in [2.24, 2.45) is 0 Å². The predicted octanol–water partition coefficient (Wildman–Crippen LogP) is 8.27. The lowest BCUT2D eigenvalue weighted by Crippen LogP contribution is -2.71. The summed E-state index contributed by atoms with van der Waals surface area (Å²) in [7, 11) is 0. The summed E-state index contributed by atoms with van der Waals surface area (Å²) in [4.78, 5) is 10.4. The van der Waals surface area contributed by atoms with E-state index in [-0.39, 0.29) is 0 Å². The maximum absolute atomic E-state index is 14.2. The molecule has 3 atom stereocenters. The Morgan fingerprint density at radius 2 is 0.667 bits per heavy atom. The molecule has 0 aromatic heterocycles. The molecule has 31 heteroatoms. The Morgan fingerprint density at radius 3 is 0.911 bits per heavy atom. The first-order valence-electron chi connectivity index (χ1n) is 9.00. The number of hydrogen-bond donors (Lipinski definition) is 0. The van der Waals surface area contributed by atoms with E-state index in [0.29, 0.717) is 0 Å². The molecule has 0 spiro atoms. The van der Waals surface area contributed by atoms with Gasteiger partial charge in [-0.2, -0.15) is 114 Å². The smallest absolute Gasteiger partial charge is 0.398 e. The minimum atomic E-state index is -8.95. The SMILES string of the molecule is O=C(C(F)(F)F)C(F)(F)OC(F)(C(F)(F)F)C(F)(F)OC(F)(C(F)(F)F)C(F)(F)OC(F)(C(F)(F)F)C(F)(F)OC(F)=C(F)F. The van der Waals surface area contributed by atoms with E-state index in [1.54, 1.807) is 4.74 Å². The first-order valence-corrected chi connectivity index (χ1v) is 9.00. The van der Waals surface area contributed by atoms with Crippen molar-refractivity contribution in [2.75, 3.05) is 0 Å². The van der Waals surface area contributed by atoms with Crippen LogP contribution in [0.15, 0.2) is 12.1 Å².